The summed E-state index contributed by atoms with van der Waals surface area (Å²) in [4.78, 5) is 10.7. The van der Waals surface area contributed by atoms with Crippen LogP contribution < -0.4 is 11.3 Å². The summed E-state index contributed by atoms with van der Waals surface area (Å²) >= 11 is 0. The van der Waals surface area contributed by atoms with Crippen molar-refractivity contribution in [3.05, 3.63) is 0 Å². The molecule has 0 unspecified atom stereocenters. The Morgan fingerprint density at radius 3 is 2.43 bits per heavy atom. The highest BCUT2D eigenvalue weighted by Gasteiger charge is 1.97. The van der Waals surface area contributed by atoms with Crippen LogP contribution in [0.15, 0.2) is 0 Å². The van der Waals surface area contributed by atoms with Crippen LogP contribution in [0.1, 0.15) is 45.4 Å². The number of nitrogens with one attached hydrogen (secondary N) is 1. The number of hydrogen-bond acceptors (Lipinski definition) is 3. The van der Waals surface area contributed by atoms with Crippen molar-refractivity contribution in [2.75, 3.05) is 13.2 Å². The molecule has 0 saturated heterocycles. The minimum absolute atomic E-state index is 0.101. The first kappa shape index (κ1) is 13.4. The van der Waals surface area contributed by atoms with Crippen LogP contribution in [0.2, 0.25) is 0 Å². The van der Waals surface area contributed by atoms with Crippen molar-refractivity contribution in [2.24, 2.45) is 5.84 Å². The van der Waals surface area contributed by atoms with Crippen molar-refractivity contribution >= 4 is 5.91 Å². The molecule has 0 aliphatic heterocycles. The number of unbranched alkanes of at least 4 members (excludes halogenated alkanes) is 3. The summed E-state index contributed by atoms with van der Waals surface area (Å²) in [7, 11) is 0. The normalized spacial score (nSPS) is 10.1. The molecule has 0 aromatic rings. The number of nitrogens with two attached hydrogens (primary N) is 1. The minimum Gasteiger partial charge on any atom is -0.381 e. The van der Waals surface area contributed by atoms with Crippen LogP contribution in [0.5, 0.6) is 0 Å². The second kappa shape index (κ2) is 10.5. The number of hydrazine groups is 1. The fourth-order valence-electron chi connectivity index (χ4n) is 1.12. The number of rotatable bonds is 9. The van der Waals surface area contributed by atoms with Gasteiger partial charge in [-0.1, -0.05) is 19.8 Å². The number of ether oxygens (including phenoxy) is 1. The van der Waals surface area contributed by atoms with Crippen molar-refractivity contribution in [1.29, 1.82) is 0 Å². The third-order valence-corrected chi connectivity index (χ3v) is 2.00. The molecule has 0 heterocycles. The smallest absolute Gasteiger partial charge is 0.233 e. The van der Waals surface area contributed by atoms with E-state index in [1.54, 1.807) is 0 Å². The number of amides is 1. The Morgan fingerprint density at radius 1 is 1.21 bits per heavy atom. The van der Waals surface area contributed by atoms with Crippen molar-refractivity contribution in [1.82, 2.24) is 5.43 Å². The second-order valence-corrected chi connectivity index (χ2v) is 3.34. The van der Waals surface area contributed by atoms with Crippen LogP contribution >= 0.6 is 0 Å². The quantitative estimate of drug-likeness (QED) is 0.257. The highest BCUT2D eigenvalue weighted by molar-refractivity contribution is 5.74. The van der Waals surface area contributed by atoms with Gasteiger partial charge in [-0.2, -0.15) is 0 Å². The summed E-state index contributed by atoms with van der Waals surface area (Å²) in [6, 6.07) is 0. The molecule has 0 rings (SSSR count). The summed E-state index contributed by atoms with van der Waals surface area (Å²) < 4.78 is 5.39. The summed E-state index contributed by atoms with van der Waals surface area (Å²) in [5.41, 5.74) is 2.10. The van der Waals surface area contributed by atoms with Gasteiger partial charge in [0.25, 0.3) is 0 Å². The van der Waals surface area contributed by atoms with Crippen LogP contribution in [0.3, 0.4) is 0 Å². The molecular formula is C10H22N2O2. The first-order valence-electron chi connectivity index (χ1n) is 5.38. The van der Waals surface area contributed by atoms with Crippen molar-refractivity contribution in [2.45, 2.75) is 45.4 Å². The van der Waals surface area contributed by atoms with Crippen molar-refractivity contribution in [3.63, 3.8) is 0 Å². The molecule has 0 aromatic carbocycles. The summed E-state index contributed by atoms with van der Waals surface area (Å²) in [5.74, 6) is 4.84. The lowest BCUT2D eigenvalue weighted by atomic mass is 10.2. The van der Waals surface area contributed by atoms with Gasteiger partial charge in [0.2, 0.25) is 5.91 Å². The van der Waals surface area contributed by atoms with Gasteiger partial charge in [-0.25, -0.2) is 5.84 Å². The first-order valence-corrected chi connectivity index (χ1v) is 5.38. The highest BCUT2D eigenvalue weighted by atomic mass is 16.5. The molecule has 0 aromatic heterocycles. The molecule has 0 atom stereocenters. The van der Waals surface area contributed by atoms with Gasteiger partial charge in [0.05, 0.1) is 0 Å². The lowest BCUT2D eigenvalue weighted by molar-refractivity contribution is -0.121. The predicted molar refractivity (Wildman–Crippen MR) is 56.5 cm³/mol. The van der Waals surface area contributed by atoms with Gasteiger partial charge in [0, 0.05) is 19.6 Å². The van der Waals surface area contributed by atoms with Gasteiger partial charge in [0.15, 0.2) is 0 Å². The van der Waals surface area contributed by atoms with Crippen LogP contribution in [-0.4, -0.2) is 19.1 Å². The third kappa shape index (κ3) is 9.48. The van der Waals surface area contributed by atoms with E-state index in [0.717, 1.165) is 32.5 Å². The van der Waals surface area contributed by atoms with Gasteiger partial charge >= 0.3 is 0 Å². The number of carbonyl (C=O) groups excluding carboxylic acids is 1. The summed E-state index contributed by atoms with van der Waals surface area (Å²) in [6.07, 6.45) is 5.86. The molecule has 0 bridgehead atoms. The fraction of sp³-hybridized carbons (Fsp3) is 0.900. The average Bonchev–Trinajstić information content (AvgIpc) is 2.21. The number of carbonyl (C=O) groups is 1. The largest absolute Gasteiger partial charge is 0.381 e. The Hall–Kier alpha value is -0.610. The van der Waals surface area contributed by atoms with E-state index in [-0.39, 0.29) is 5.91 Å². The van der Waals surface area contributed by atoms with Crippen LogP contribution in [0.25, 0.3) is 0 Å². The highest BCUT2D eigenvalue weighted by Crippen LogP contribution is 1.98. The predicted octanol–water partition coefficient (Wildman–Crippen LogP) is 1.35. The van der Waals surface area contributed by atoms with Crippen molar-refractivity contribution in [3.8, 4) is 0 Å². The monoisotopic (exact) mass is 202 g/mol. The number of hydrogen-bond donors (Lipinski definition) is 2. The molecule has 84 valence electrons. The topological polar surface area (TPSA) is 64.3 Å². The van der Waals surface area contributed by atoms with Crippen molar-refractivity contribution < 1.29 is 9.53 Å². The second-order valence-electron chi connectivity index (χ2n) is 3.34. The minimum atomic E-state index is -0.101. The standard InChI is InChI=1S/C10H22N2O2/c1-2-3-5-8-14-9-6-4-7-10(13)12-11/h2-9,11H2,1H3,(H,12,13). The zero-order chi connectivity index (χ0) is 10.6. The molecule has 0 aliphatic rings. The molecule has 14 heavy (non-hydrogen) atoms. The van der Waals surface area contributed by atoms with Gasteiger partial charge in [0.1, 0.15) is 0 Å². The summed E-state index contributed by atoms with van der Waals surface area (Å²) in [5, 5.41) is 0. The zero-order valence-electron chi connectivity index (χ0n) is 9.05. The van der Waals surface area contributed by atoms with Crippen LogP contribution in [0, 0.1) is 0 Å². The van der Waals surface area contributed by atoms with E-state index in [4.69, 9.17) is 10.6 Å². The Kier molecular flexibility index (Phi) is 10.0. The van der Waals surface area contributed by atoms with Gasteiger partial charge in [-0.3, -0.25) is 10.2 Å². The molecule has 4 heteroatoms. The Labute approximate surface area is 86.2 Å². The van der Waals surface area contributed by atoms with Crippen LogP contribution in [-0.2, 0) is 9.53 Å². The van der Waals surface area contributed by atoms with E-state index < -0.39 is 0 Å². The van der Waals surface area contributed by atoms with E-state index in [0.29, 0.717) is 6.42 Å². The molecule has 0 radical (unpaired) electrons. The first-order chi connectivity index (χ1) is 6.81. The molecule has 0 aliphatic carbocycles. The van der Waals surface area contributed by atoms with E-state index in [1.807, 2.05) is 0 Å². The molecule has 3 N–H and O–H groups in total. The maximum absolute atomic E-state index is 10.7. The Morgan fingerprint density at radius 2 is 1.86 bits per heavy atom. The van der Waals surface area contributed by atoms with E-state index in [9.17, 15) is 4.79 Å². The van der Waals surface area contributed by atoms with E-state index in [2.05, 4.69) is 12.3 Å². The molecule has 0 spiro atoms. The van der Waals surface area contributed by atoms with Gasteiger partial charge in [-0.05, 0) is 19.3 Å². The Balaban J connectivity index is 2.95. The molecular weight excluding hydrogens is 180 g/mol. The average molecular weight is 202 g/mol. The van der Waals surface area contributed by atoms with Gasteiger partial charge < -0.3 is 4.74 Å². The fourth-order valence-corrected chi connectivity index (χ4v) is 1.12. The maximum atomic E-state index is 10.7. The third-order valence-electron chi connectivity index (χ3n) is 2.00. The lowest BCUT2D eigenvalue weighted by Gasteiger charge is -2.03. The van der Waals surface area contributed by atoms with Crippen LogP contribution in [0.4, 0.5) is 0 Å². The zero-order valence-corrected chi connectivity index (χ0v) is 9.05. The molecule has 4 nitrogen and oxygen atoms in total. The summed E-state index contributed by atoms with van der Waals surface area (Å²) in [6.45, 7) is 3.77. The maximum Gasteiger partial charge on any atom is 0.233 e. The van der Waals surface area contributed by atoms with E-state index >= 15 is 0 Å². The lowest BCUT2D eigenvalue weighted by Crippen LogP contribution is -2.29. The molecule has 0 fully saturated rings. The SMILES string of the molecule is CCCCCOCCCCC(=O)NN. The Bertz CT molecular complexity index is 140. The van der Waals surface area contributed by atoms with E-state index in [1.165, 1.54) is 12.8 Å². The molecule has 1 amide bonds. The van der Waals surface area contributed by atoms with Gasteiger partial charge in [-0.15, -0.1) is 0 Å². The molecule has 0 saturated carbocycles.